The Morgan fingerprint density at radius 1 is 0.276 bits per heavy atom. The van der Waals surface area contributed by atoms with Gasteiger partial charge in [-0.2, -0.15) is 0 Å². The number of unbranched alkanes of at least 4 members (excludes halogenated alkanes) is 19. The summed E-state index contributed by atoms with van der Waals surface area (Å²) in [7, 11) is 0. The Hall–Kier alpha value is -4.71. The van der Waals surface area contributed by atoms with Crippen LogP contribution in [0.2, 0.25) is 0 Å². The van der Waals surface area contributed by atoms with E-state index in [0.717, 1.165) is 128 Å². The summed E-state index contributed by atoms with van der Waals surface area (Å²) in [5.74, 6) is -0.984. The van der Waals surface area contributed by atoms with Crippen molar-refractivity contribution in [1.82, 2.24) is 0 Å². The third-order valence-electron chi connectivity index (χ3n) is 12.6. The van der Waals surface area contributed by atoms with Crippen LogP contribution < -0.4 is 0 Å². The fourth-order valence-electron chi connectivity index (χ4n) is 8.01. The minimum absolute atomic E-state index is 0.107. The largest absolute Gasteiger partial charge is 0.462 e. The average molecular weight is 1050 g/mol. The monoisotopic (exact) mass is 1050 g/mol. The molecule has 0 aliphatic heterocycles. The van der Waals surface area contributed by atoms with E-state index in [1.807, 2.05) is 0 Å². The second kappa shape index (κ2) is 62.8. The molecule has 0 aromatic carbocycles. The lowest BCUT2D eigenvalue weighted by Gasteiger charge is -2.18. The molecule has 0 N–H and O–H groups in total. The molecular weight excluding hydrogens is 937 g/mol. The van der Waals surface area contributed by atoms with Gasteiger partial charge >= 0.3 is 17.9 Å². The maximum atomic E-state index is 12.9. The van der Waals surface area contributed by atoms with Crippen molar-refractivity contribution < 1.29 is 28.6 Å². The van der Waals surface area contributed by atoms with Crippen LogP contribution in [0.4, 0.5) is 0 Å². The highest BCUT2D eigenvalue weighted by molar-refractivity contribution is 5.71. The second-order valence-corrected chi connectivity index (χ2v) is 19.8. The predicted molar refractivity (Wildman–Crippen MR) is 329 cm³/mol. The van der Waals surface area contributed by atoms with Crippen LogP contribution in [0.25, 0.3) is 0 Å². The summed E-state index contributed by atoms with van der Waals surface area (Å²) in [5, 5.41) is 0. The topological polar surface area (TPSA) is 78.9 Å². The van der Waals surface area contributed by atoms with E-state index in [1.165, 1.54) is 83.5 Å². The molecule has 0 saturated heterocycles. The Bertz CT molecular complexity index is 1680. The Labute approximate surface area is 467 Å². The lowest BCUT2D eigenvalue weighted by molar-refractivity contribution is -0.167. The van der Waals surface area contributed by atoms with Gasteiger partial charge in [-0.05, 0) is 135 Å². The molecule has 6 heteroatoms. The number of carbonyl (C=O) groups excluding carboxylic acids is 3. The fourth-order valence-corrected chi connectivity index (χ4v) is 8.01. The maximum Gasteiger partial charge on any atom is 0.306 e. The molecule has 0 rings (SSSR count). The molecule has 0 aromatic heterocycles. The predicted octanol–water partition coefficient (Wildman–Crippen LogP) is 21.2. The van der Waals surface area contributed by atoms with Crippen molar-refractivity contribution in [2.75, 3.05) is 13.2 Å². The second-order valence-electron chi connectivity index (χ2n) is 19.8. The average Bonchev–Trinajstić information content (AvgIpc) is 3.42. The number of ether oxygens (including phenoxy) is 3. The van der Waals surface area contributed by atoms with Gasteiger partial charge < -0.3 is 14.2 Å². The van der Waals surface area contributed by atoms with Crippen molar-refractivity contribution in [3.05, 3.63) is 146 Å². The van der Waals surface area contributed by atoms with Gasteiger partial charge in [0.25, 0.3) is 0 Å². The van der Waals surface area contributed by atoms with Crippen LogP contribution in [-0.2, 0) is 28.6 Å². The van der Waals surface area contributed by atoms with Crippen molar-refractivity contribution in [2.24, 2.45) is 0 Å². The summed E-state index contributed by atoms with van der Waals surface area (Å²) in [4.78, 5) is 38.2. The number of esters is 3. The van der Waals surface area contributed by atoms with Crippen molar-refractivity contribution in [3.63, 3.8) is 0 Å². The van der Waals surface area contributed by atoms with Gasteiger partial charge in [0.2, 0.25) is 0 Å². The lowest BCUT2D eigenvalue weighted by atomic mass is 10.0. The first kappa shape index (κ1) is 71.3. The molecule has 0 amide bonds. The normalized spacial score (nSPS) is 13.1. The summed E-state index contributed by atoms with van der Waals surface area (Å²) >= 11 is 0. The van der Waals surface area contributed by atoms with E-state index in [2.05, 4.69) is 167 Å². The van der Waals surface area contributed by atoms with E-state index in [0.29, 0.717) is 19.3 Å². The summed E-state index contributed by atoms with van der Waals surface area (Å²) in [6.45, 7) is 6.33. The number of allylic oxidation sites excluding steroid dienone is 24. The number of hydrogen-bond donors (Lipinski definition) is 0. The summed E-state index contributed by atoms with van der Waals surface area (Å²) in [6.07, 6.45) is 89.9. The van der Waals surface area contributed by atoms with Crippen molar-refractivity contribution in [3.8, 4) is 0 Å². The van der Waals surface area contributed by atoms with E-state index in [4.69, 9.17) is 14.2 Å². The molecular formula is C70H112O6. The Kier molecular flexibility index (Phi) is 58.9. The highest BCUT2D eigenvalue weighted by Crippen LogP contribution is 2.14. The van der Waals surface area contributed by atoms with Gasteiger partial charge in [0.15, 0.2) is 6.10 Å². The first-order valence-electron chi connectivity index (χ1n) is 30.8. The van der Waals surface area contributed by atoms with Gasteiger partial charge in [-0.1, -0.05) is 250 Å². The SMILES string of the molecule is CC/C=C\C/C=C\C/C=C\C/C=C\C/C=C\C/C=C\C/C=C\CCCC(=O)OCC(COC(=O)CCCCCCC/C=C\CCCCC)OC(=O)CCCCCCCCCCCC/C=C\C/C=C\C/C=C\C/C=C\CC. The van der Waals surface area contributed by atoms with Crippen molar-refractivity contribution in [1.29, 1.82) is 0 Å². The minimum atomic E-state index is -0.814. The van der Waals surface area contributed by atoms with Crippen LogP contribution in [0.1, 0.15) is 258 Å². The zero-order chi connectivity index (χ0) is 55.0. The number of carbonyl (C=O) groups is 3. The van der Waals surface area contributed by atoms with E-state index >= 15 is 0 Å². The maximum absolute atomic E-state index is 12.9. The molecule has 0 fully saturated rings. The van der Waals surface area contributed by atoms with Gasteiger partial charge in [0.1, 0.15) is 13.2 Å². The molecule has 0 aliphatic carbocycles. The third kappa shape index (κ3) is 60.2. The van der Waals surface area contributed by atoms with Crippen LogP contribution in [0.5, 0.6) is 0 Å². The van der Waals surface area contributed by atoms with Gasteiger partial charge in [-0.3, -0.25) is 14.4 Å². The standard InChI is InChI=1S/C70H112O6/c1-4-7-10-13-16-19-22-25-27-29-31-33-35-37-39-41-43-45-48-51-54-57-60-63-69(72)75-66-67(65-74-68(71)62-59-56-53-50-47-24-21-18-15-12-9-6-3)76-70(73)64-61-58-55-52-49-46-44-42-40-38-36-34-32-30-28-26-23-20-17-14-11-8-5-2/h7-8,10-11,16-21,25-28,31-34,37,39,43,45,51,54,67H,4-6,9,12-15,22-24,29-30,35-36,38,40-42,44,46-50,52-53,55-66H2,1-3H3/b10-7-,11-8-,19-16-,20-17-,21-18-,27-25-,28-26-,33-31-,34-32-,39-37-,45-43-,54-51-. The summed E-state index contributed by atoms with van der Waals surface area (Å²) in [5.41, 5.74) is 0. The third-order valence-corrected chi connectivity index (χ3v) is 12.6. The molecule has 0 saturated carbocycles. The van der Waals surface area contributed by atoms with E-state index in [-0.39, 0.29) is 37.5 Å². The highest BCUT2D eigenvalue weighted by Gasteiger charge is 2.19. The molecule has 428 valence electrons. The van der Waals surface area contributed by atoms with Crippen LogP contribution in [-0.4, -0.2) is 37.2 Å². The van der Waals surface area contributed by atoms with Crippen LogP contribution in [0.15, 0.2) is 146 Å². The van der Waals surface area contributed by atoms with Crippen molar-refractivity contribution in [2.45, 2.75) is 264 Å². The molecule has 6 nitrogen and oxygen atoms in total. The van der Waals surface area contributed by atoms with Crippen LogP contribution in [0, 0.1) is 0 Å². The highest BCUT2D eigenvalue weighted by atomic mass is 16.6. The summed E-state index contributed by atoms with van der Waals surface area (Å²) in [6, 6.07) is 0. The Morgan fingerprint density at radius 3 is 0.868 bits per heavy atom. The molecule has 0 aromatic rings. The van der Waals surface area contributed by atoms with Crippen molar-refractivity contribution >= 4 is 17.9 Å². The van der Waals surface area contributed by atoms with Gasteiger partial charge in [0, 0.05) is 19.3 Å². The molecule has 0 radical (unpaired) electrons. The molecule has 76 heavy (non-hydrogen) atoms. The van der Waals surface area contributed by atoms with Gasteiger partial charge in [0.05, 0.1) is 0 Å². The molecule has 0 aliphatic rings. The van der Waals surface area contributed by atoms with Gasteiger partial charge in [-0.15, -0.1) is 0 Å². The van der Waals surface area contributed by atoms with Gasteiger partial charge in [-0.25, -0.2) is 0 Å². The minimum Gasteiger partial charge on any atom is -0.462 e. The zero-order valence-corrected chi connectivity index (χ0v) is 49.0. The van der Waals surface area contributed by atoms with Crippen LogP contribution in [0.3, 0.4) is 0 Å². The molecule has 0 spiro atoms. The lowest BCUT2D eigenvalue weighted by Crippen LogP contribution is -2.30. The number of hydrogen-bond acceptors (Lipinski definition) is 6. The van der Waals surface area contributed by atoms with E-state index in [9.17, 15) is 14.4 Å². The molecule has 0 bridgehead atoms. The first-order valence-corrected chi connectivity index (χ1v) is 30.8. The first-order chi connectivity index (χ1) is 37.5. The molecule has 1 atom stereocenters. The quantitative estimate of drug-likeness (QED) is 0.0261. The smallest absolute Gasteiger partial charge is 0.306 e. The van der Waals surface area contributed by atoms with Crippen LogP contribution >= 0.6 is 0 Å². The Balaban J connectivity index is 4.46. The van der Waals surface area contributed by atoms with E-state index in [1.54, 1.807) is 0 Å². The van der Waals surface area contributed by atoms with E-state index < -0.39 is 6.10 Å². The Morgan fingerprint density at radius 2 is 0.526 bits per heavy atom. The fraction of sp³-hybridized carbons (Fsp3) is 0.614. The summed E-state index contributed by atoms with van der Waals surface area (Å²) < 4.78 is 16.8. The molecule has 0 heterocycles. The molecule has 1 unspecified atom stereocenters. The zero-order valence-electron chi connectivity index (χ0n) is 49.0. The number of rotatable bonds is 54.